The van der Waals surface area contributed by atoms with Crippen LogP contribution in [0.25, 0.3) is 0 Å². The number of carbonyl (C=O) groups is 2. The van der Waals surface area contributed by atoms with Crippen LogP contribution >= 0.6 is 0 Å². The first-order chi connectivity index (χ1) is 5.66. The van der Waals surface area contributed by atoms with Crippen molar-refractivity contribution in [3.05, 3.63) is 23.5 Å². The Bertz CT molecular complexity index is 333. The van der Waals surface area contributed by atoms with E-state index in [2.05, 4.69) is 4.98 Å². The summed E-state index contributed by atoms with van der Waals surface area (Å²) in [4.78, 5) is 24.8. The Morgan fingerprint density at radius 2 is 2.25 bits per heavy atom. The molecule has 0 amide bonds. The van der Waals surface area contributed by atoms with Crippen molar-refractivity contribution in [1.29, 1.82) is 0 Å². The molecule has 1 aromatic heterocycles. The Morgan fingerprint density at radius 1 is 1.58 bits per heavy atom. The first kappa shape index (κ1) is 8.39. The summed E-state index contributed by atoms with van der Waals surface area (Å²) in [5, 5.41) is 9.15. The molecule has 0 aliphatic heterocycles. The molecular formula is C8H7NO3. The van der Waals surface area contributed by atoms with Gasteiger partial charge in [-0.05, 0) is 6.92 Å². The third-order valence-electron chi connectivity index (χ3n) is 1.43. The fraction of sp³-hybridized carbons (Fsp3) is 0.125. The van der Waals surface area contributed by atoms with E-state index in [4.69, 9.17) is 5.11 Å². The van der Waals surface area contributed by atoms with Crippen molar-refractivity contribution >= 4 is 12.1 Å². The van der Waals surface area contributed by atoms with Crippen molar-refractivity contribution in [2.24, 2.45) is 0 Å². The fourth-order valence-electron chi connectivity index (χ4n) is 0.938. The second-order valence-corrected chi connectivity index (χ2v) is 2.30. The van der Waals surface area contributed by atoms with E-state index in [1.54, 1.807) is 0 Å². The van der Waals surface area contributed by atoms with E-state index < -0.39 is 0 Å². The van der Waals surface area contributed by atoms with E-state index in [1.165, 1.54) is 13.1 Å². The molecule has 62 valence electrons. The summed E-state index contributed by atoms with van der Waals surface area (Å²) >= 11 is 0. The molecule has 0 saturated carbocycles. The summed E-state index contributed by atoms with van der Waals surface area (Å²) in [6.07, 6.45) is 2.86. The average Bonchev–Trinajstić information content (AvgIpc) is 2.03. The van der Waals surface area contributed by atoms with Crippen molar-refractivity contribution in [3.8, 4) is 5.75 Å². The highest BCUT2D eigenvalue weighted by Gasteiger charge is 2.11. The summed E-state index contributed by atoms with van der Waals surface area (Å²) in [5.74, 6) is -0.607. The minimum atomic E-state index is -0.350. The summed E-state index contributed by atoms with van der Waals surface area (Å²) in [6, 6.07) is 0. The third-order valence-corrected chi connectivity index (χ3v) is 1.43. The maximum atomic E-state index is 10.9. The lowest BCUT2D eigenvalue weighted by molar-refractivity contribution is 0.100. The highest BCUT2D eigenvalue weighted by Crippen LogP contribution is 2.18. The molecule has 4 heteroatoms. The van der Waals surface area contributed by atoms with Crippen molar-refractivity contribution in [2.75, 3.05) is 0 Å². The van der Waals surface area contributed by atoms with Crippen LogP contribution in [0.1, 0.15) is 27.6 Å². The van der Waals surface area contributed by atoms with Crippen LogP contribution in [0.3, 0.4) is 0 Å². The maximum absolute atomic E-state index is 10.9. The van der Waals surface area contributed by atoms with Crippen LogP contribution in [0, 0.1) is 0 Å². The monoisotopic (exact) mass is 165 g/mol. The molecule has 0 radical (unpaired) electrons. The molecule has 0 unspecified atom stereocenters. The van der Waals surface area contributed by atoms with E-state index in [0.717, 1.165) is 6.20 Å². The van der Waals surface area contributed by atoms with E-state index >= 15 is 0 Å². The first-order valence-electron chi connectivity index (χ1n) is 3.30. The number of rotatable bonds is 2. The van der Waals surface area contributed by atoms with Crippen LogP contribution in [-0.4, -0.2) is 22.2 Å². The minimum Gasteiger partial charge on any atom is -0.506 e. The zero-order chi connectivity index (χ0) is 9.14. The molecule has 0 aromatic carbocycles. The number of pyridine rings is 1. The van der Waals surface area contributed by atoms with Crippen molar-refractivity contribution in [1.82, 2.24) is 4.98 Å². The standard InChI is InChI=1S/C8H7NO3/c1-5(11)8-6(4-10)2-9-3-7(8)12/h2-4,12H,1H3. The number of aromatic nitrogens is 1. The smallest absolute Gasteiger partial charge is 0.164 e. The number of Topliss-reactive ketones (excluding diaryl/α,β-unsaturated/α-hetero) is 1. The van der Waals surface area contributed by atoms with E-state index in [9.17, 15) is 9.59 Å². The molecule has 0 fully saturated rings. The normalized spacial score (nSPS) is 9.42. The lowest BCUT2D eigenvalue weighted by Gasteiger charge is -2.00. The van der Waals surface area contributed by atoms with E-state index in [0.29, 0.717) is 6.29 Å². The minimum absolute atomic E-state index is 0.0278. The van der Waals surface area contributed by atoms with Gasteiger partial charge in [-0.3, -0.25) is 14.6 Å². The van der Waals surface area contributed by atoms with Gasteiger partial charge in [0, 0.05) is 11.8 Å². The van der Waals surface area contributed by atoms with Crippen LogP contribution in [0.15, 0.2) is 12.4 Å². The van der Waals surface area contributed by atoms with Crippen molar-refractivity contribution < 1.29 is 14.7 Å². The molecule has 12 heavy (non-hydrogen) atoms. The number of ketones is 1. The Labute approximate surface area is 68.9 Å². The average molecular weight is 165 g/mol. The van der Waals surface area contributed by atoms with Crippen molar-refractivity contribution in [2.45, 2.75) is 6.92 Å². The predicted molar refractivity (Wildman–Crippen MR) is 41.3 cm³/mol. The second-order valence-electron chi connectivity index (χ2n) is 2.30. The number of hydrogen-bond acceptors (Lipinski definition) is 4. The Balaban J connectivity index is 3.39. The van der Waals surface area contributed by atoms with Gasteiger partial charge in [0.2, 0.25) is 0 Å². The highest BCUT2D eigenvalue weighted by molar-refractivity contribution is 6.03. The highest BCUT2D eigenvalue weighted by atomic mass is 16.3. The Morgan fingerprint density at radius 3 is 2.67 bits per heavy atom. The van der Waals surface area contributed by atoms with E-state index in [-0.39, 0.29) is 22.7 Å². The summed E-state index contributed by atoms with van der Waals surface area (Å²) < 4.78 is 0. The summed E-state index contributed by atoms with van der Waals surface area (Å²) in [5.41, 5.74) is 0.141. The van der Waals surface area contributed by atoms with Gasteiger partial charge in [0.1, 0.15) is 5.75 Å². The third kappa shape index (κ3) is 1.32. The molecule has 1 heterocycles. The molecule has 0 aliphatic rings. The Kier molecular flexibility index (Phi) is 2.19. The molecule has 1 aromatic rings. The topological polar surface area (TPSA) is 67.3 Å². The SMILES string of the molecule is CC(=O)c1c(O)cncc1C=O. The van der Waals surface area contributed by atoms with Crippen LogP contribution in [0.5, 0.6) is 5.75 Å². The largest absolute Gasteiger partial charge is 0.506 e. The lowest BCUT2D eigenvalue weighted by Crippen LogP contribution is -1.99. The molecule has 0 atom stereocenters. The van der Waals surface area contributed by atoms with Crippen LogP contribution in [0.4, 0.5) is 0 Å². The number of aldehydes is 1. The quantitative estimate of drug-likeness (QED) is 0.520. The summed E-state index contributed by atoms with van der Waals surface area (Å²) in [6.45, 7) is 1.28. The van der Waals surface area contributed by atoms with E-state index in [1.807, 2.05) is 0 Å². The molecule has 0 saturated heterocycles. The molecule has 4 nitrogen and oxygen atoms in total. The van der Waals surface area contributed by atoms with Gasteiger partial charge in [-0.25, -0.2) is 0 Å². The van der Waals surface area contributed by atoms with Gasteiger partial charge in [0.25, 0.3) is 0 Å². The van der Waals surface area contributed by atoms with Crippen LogP contribution < -0.4 is 0 Å². The molecule has 0 aliphatic carbocycles. The number of nitrogens with zero attached hydrogens (tertiary/aromatic N) is 1. The molecule has 0 spiro atoms. The number of carbonyl (C=O) groups excluding carboxylic acids is 2. The Hall–Kier alpha value is -1.71. The zero-order valence-electron chi connectivity index (χ0n) is 6.44. The maximum Gasteiger partial charge on any atom is 0.164 e. The molecular weight excluding hydrogens is 158 g/mol. The lowest BCUT2D eigenvalue weighted by atomic mass is 10.1. The molecule has 0 bridgehead atoms. The van der Waals surface area contributed by atoms with Gasteiger partial charge < -0.3 is 5.11 Å². The van der Waals surface area contributed by atoms with Crippen LogP contribution in [0.2, 0.25) is 0 Å². The van der Waals surface area contributed by atoms with Crippen molar-refractivity contribution in [3.63, 3.8) is 0 Å². The van der Waals surface area contributed by atoms with Gasteiger partial charge in [0.15, 0.2) is 12.1 Å². The zero-order valence-corrected chi connectivity index (χ0v) is 6.44. The molecule has 1 N–H and O–H groups in total. The molecule has 1 rings (SSSR count). The summed E-state index contributed by atoms with van der Waals surface area (Å²) in [7, 11) is 0. The number of hydrogen-bond donors (Lipinski definition) is 1. The van der Waals surface area contributed by atoms with Gasteiger partial charge in [-0.2, -0.15) is 0 Å². The van der Waals surface area contributed by atoms with Crippen LogP contribution in [-0.2, 0) is 0 Å². The number of aromatic hydroxyl groups is 1. The van der Waals surface area contributed by atoms with Gasteiger partial charge in [0.05, 0.1) is 11.8 Å². The van der Waals surface area contributed by atoms with Gasteiger partial charge in [-0.1, -0.05) is 0 Å². The second kappa shape index (κ2) is 3.13. The predicted octanol–water partition coefficient (Wildman–Crippen LogP) is 0.802. The van der Waals surface area contributed by atoms with Gasteiger partial charge in [-0.15, -0.1) is 0 Å². The fourth-order valence-corrected chi connectivity index (χ4v) is 0.938. The van der Waals surface area contributed by atoms with Gasteiger partial charge >= 0.3 is 0 Å². The first-order valence-corrected chi connectivity index (χ1v) is 3.30.